The fourth-order valence-electron chi connectivity index (χ4n) is 3.44. The second-order valence-electron chi connectivity index (χ2n) is 7.21. The van der Waals surface area contributed by atoms with E-state index in [1.807, 2.05) is 6.07 Å². The summed E-state index contributed by atoms with van der Waals surface area (Å²) in [6.45, 7) is 11.1. The molecule has 118 valence electrons. The van der Waals surface area contributed by atoms with Crippen LogP contribution in [0.15, 0.2) is 6.07 Å². The van der Waals surface area contributed by atoms with Crippen molar-refractivity contribution >= 4 is 5.82 Å². The molecule has 2 heterocycles. The van der Waals surface area contributed by atoms with Gasteiger partial charge in [-0.1, -0.05) is 6.92 Å². The smallest absolute Gasteiger partial charge is 0.218 e. The van der Waals surface area contributed by atoms with Crippen LogP contribution in [0.1, 0.15) is 53.3 Å². The highest BCUT2D eigenvalue weighted by Gasteiger charge is 2.37. The minimum Gasteiger partial charge on any atom is -0.481 e. The molecule has 1 aliphatic rings. The predicted octanol–water partition coefficient (Wildman–Crippen LogP) is 2.77. The molecule has 0 spiro atoms. The van der Waals surface area contributed by atoms with Crippen molar-refractivity contribution in [2.75, 3.05) is 12.4 Å². The van der Waals surface area contributed by atoms with Crippen molar-refractivity contribution in [1.29, 1.82) is 0 Å². The van der Waals surface area contributed by atoms with Crippen LogP contribution in [0.5, 0.6) is 5.88 Å². The second-order valence-corrected chi connectivity index (χ2v) is 7.21. The Kier molecular flexibility index (Phi) is 4.42. The zero-order chi connectivity index (χ0) is 15.7. The summed E-state index contributed by atoms with van der Waals surface area (Å²) in [6, 6.07) is 2.27. The van der Waals surface area contributed by atoms with Crippen molar-refractivity contribution in [3.8, 4) is 5.88 Å². The van der Waals surface area contributed by atoms with Gasteiger partial charge >= 0.3 is 0 Å². The largest absolute Gasteiger partial charge is 0.481 e. The van der Waals surface area contributed by atoms with Gasteiger partial charge in [0, 0.05) is 29.6 Å². The van der Waals surface area contributed by atoms with Crippen molar-refractivity contribution in [3.63, 3.8) is 0 Å². The second kappa shape index (κ2) is 5.79. The van der Waals surface area contributed by atoms with Crippen LogP contribution >= 0.6 is 0 Å². The molecule has 5 nitrogen and oxygen atoms in total. The van der Waals surface area contributed by atoms with Crippen LogP contribution in [0.2, 0.25) is 0 Å². The molecule has 21 heavy (non-hydrogen) atoms. The quantitative estimate of drug-likeness (QED) is 0.893. The van der Waals surface area contributed by atoms with E-state index in [-0.39, 0.29) is 11.1 Å². The van der Waals surface area contributed by atoms with Gasteiger partial charge in [0.05, 0.1) is 7.11 Å². The van der Waals surface area contributed by atoms with E-state index >= 15 is 0 Å². The lowest BCUT2D eigenvalue weighted by molar-refractivity contribution is 0.170. The van der Waals surface area contributed by atoms with Crippen LogP contribution in [0.25, 0.3) is 0 Å². The van der Waals surface area contributed by atoms with Crippen molar-refractivity contribution in [1.82, 2.24) is 15.3 Å². The number of nitrogens with one attached hydrogen (secondary N) is 2. The maximum absolute atomic E-state index is 5.26. The Morgan fingerprint density at radius 3 is 2.38 bits per heavy atom. The summed E-state index contributed by atoms with van der Waals surface area (Å²) in [5.74, 6) is 2.29. The van der Waals surface area contributed by atoms with E-state index in [1.54, 1.807) is 7.11 Å². The Balaban J connectivity index is 2.17. The Labute approximate surface area is 127 Å². The van der Waals surface area contributed by atoms with Crippen molar-refractivity contribution in [2.45, 2.75) is 71.0 Å². The zero-order valence-electron chi connectivity index (χ0n) is 14.1. The van der Waals surface area contributed by atoms with Gasteiger partial charge in [-0.2, -0.15) is 4.98 Å². The summed E-state index contributed by atoms with van der Waals surface area (Å²) in [7, 11) is 1.64. The number of rotatable bonds is 4. The molecule has 1 saturated heterocycles. The number of anilines is 1. The van der Waals surface area contributed by atoms with Gasteiger partial charge in [0.2, 0.25) is 5.88 Å². The number of methoxy groups -OCH3 is 1. The highest BCUT2D eigenvalue weighted by Crippen LogP contribution is 2.30. The van der Waals surface area contributed by atoms with Gasteiger partial charge in [-0.15, -0.1) is 0 Å². The third-order valence-corrected chi connectivity index (χ3v) is 3.82. The first kappa shape index (κ1) is 16.0. The normalized spacial score (nSPS) is 21.0. The lowest BCUT2D eigenvalue weighted by Crippen LogP contribution is -2.60. The van der Waals surface area contributed by atoms with Gasteiger partial charge in [-0.25, -0.2) is 4.98 Å². The number of aryl methyl sites for hydroxylation is 1. The maximum Gasteiger partial charge on any atom is 0.218 e. The monoisotopic (exact) mass is 292 g/mol. The summed E-state index contributed by atoms with van der Waals surface area (Å²) < 4.78 is 5.26. The summed E-state index contributed by atoms with van der Waals surface area (Å²) in [5, 5.41) is 7.27. The van der Waals surface area contributed by atoms with Crippen LogP contribution in [0.4, 0.5) is 5.82 Å². The number of piperidine rings is 1. The Morgan fingerprint density at radius 1 is 1.24 bits per heavy atom. The summed E-state index contributed by atoms with van der Waals surface area (Å²) in [5.41, 5.74) is 0.230. The maximum atomic E-state index is 5.26. The van der Waals surface area contributed by atoms with Gasteiger partial charge in [0.25, 0.3) is 0 Å². The first-order valence-corrected chi connectivity index (χ1v) is 7.71. The molecule has 0 atom stereocenters. The van der Waals surface area contributed by atoms with Crippen LogP contribution in [0, 0.1) is 0 Å². The number of hydrogen-bond donors (Lipinski definition) is 2. The van der Waals surface area contributed by atoms with Crippen LogP contribution in [-0.2, 0) is 6.42 Å². The standard InChI is InChI=1S/C16H28N4O/c1-7-12-18-13(8-14(19-12)21-6)17-11-9-15(2,3)20-16(4,5)10-11/h8,11,20H,7,9-10H2,1-6H3,(H,17,18,19). The molecule has 0 aliphatic carbocycles. The Bertz CT molecular complexity index is 461. The van der Waals surface area contributed by atoms with Crippen LogP contribution < -0.4 is 15.4 Å². The molecule has 0 radical (unpaired) electrons. The molecule has 0 saturated carbocycles. The van der Waals surface area contributed by atoms with Crippen LogP contribution in [0.3, 0.4) is 0 Å². The molecule has 2 rings (SSSR count). The first-order chi connectivity index (χ1) is 9.73. The average Bonchev–Trinajstić information content (AvgIpc) is 2.34. The SMILES string of the molecule is CCc1nc(NC2CC(C)(C)NC(C)(C)C2)cc(OC)n1. The van der Waals surface area contributed by atoms with E-state index in [9.17, 15) is 0 Å². The zero-order valence-corrected chi connectivity index (χ0v) is 14.1. The molecular weight excluding hydrogens is 264 g/mol. The number of nitrogens with zero attached hydrogens (tertiary/aromatic N) is 2. The molecule has 0 aromatic carbocycles. The Hall–Kier alpha value is -1.36. The number of ether oxygens (including phenoxy) is 1. The van der Waals surface area contributed by atoms with Gasteiger partial charge in [0.1, 0.15) is 11.6 Å². The molecule has 0 bridgehead atoms. The molecule has 1 aromatic rings. The third-order valence-electron chi connectivity index (χ3n) is 3.82. The minimum atomic E-state index is 0.115. The first-order valence-electron chi connectivity index (χ1n) is 7.71. The van der Waals surface area contributed by atoms with Crippen molar-refractivity contribution in [3.05, 3.63) is 11.9 Å². The average molecular weight is 292 g/mol. The van der Waals surface area contributed by atoms with Crippen molar-refractivity contribution < 1.29 is 4.74 Å². The molecule has 1 aromatic heterocycles. The van der Waals surface area contributed by atoms with Gasteiger partial charge < -0.3 is 15.4 Å². The molecular formula is C16H28N4O. The molecule has 0 unspecified atom stereocenters. The van der Waals surface area contributed by atoms with Gasteiger partial charge in [0.15, 0.2) is 0 Å². The van der Waals surface area contributed by atoms with Crippen molar-refractivity contribution in [2.24, 2.45) is 0 Å². The number of aromatic nitrogens is 2. The molecule has 2 N–H and O–H groups in total. The van der Waals surface area contributed by atoms with E-state index in [4.69, 9.17) is 4.74 Å². The molecule has 5 heteroatoms. The van der Waals surface area contributed by atoms with E-state index in [2.05, 4.69) is 55.2 Å². The Morgan fingerprint density at radius 2 is 1.86 bits per heavy atom. The molecule has 1 fully saturated rings. The fourth-order valence-corrected chi connectivity index (χ4v) is 3.44. The third kappa shape index (κ3) is 4.30. The lowest BCUT2D eigenvalue weighted by Gasteiger charge is -2.46. The topological polar surface area (TPSA) is 59.1 Å². The van der Waals surface area contributed by atoms with Gasteiger partial charge in [-0.05, 0) is 40.5 Å². The van der Waals surface area contributed by atoms with E-state index in [1.165, 1.54) is 0 Å². The van der Waals surface area contributed by atoms with Gasteiger partial charge in [-0.3, -0.25) is 0 Å². The summed E-state index contributed by atoms with van der Waals surface area (Å²) in [4.78, 5) is 8.90. The number of hydrogen-bond acceptors (Lipinski definition) is 5. The van der Waals surface area contributed by atoms with Crippen LogP contribution in [-0.4, -0.2) is 34.2 Å². The van der Waals surface area contributed by atoms with E-state index < -0.39 is 0 Å². The minimum absolute atomic E-state index is 0.115. The lowest BCUT2D eigenvalue weighted by atomic mass is 9.79. The highest BCUT2D eigenvalue weighted by atomic mass is 16.5. The predicted molar refractivity (Wildman–Crippen MR) is 85.9 cm³/mol. The summed E-state index contributed by atoms with van der Waals surface area (Å²) in [6.07, 6.45) is 2.92. The molecule has 1 aliphatic heterocycles. The van der Waals surface area contributed by atoms with E-state index in [0.717, 1.165) is 30.9 Å². The molecule has 0 amide bonds. The van der Waals surface area contributed by atoms with E-state index in [0.29, 0.717) is 11.9 Å². The summed E-state index contributed by atoms with van der Waals surface area (Å²) >= 11 is 0. The fraction of sp³-hybridized carbons (Fsp3) is 0.750. The highest BCUT2D eigenvalue weighted by molar-refractivity contribution is 5.40.